The molecule has 0 radical (unpaired) electrons. The van der Waals surface area contributed by atoms with Crippen molar-refractivity contribution in [2.24, 2.45) is 5.73 Å². The highest BCUT2D eigenvalue weighted by atomic mass is 19.4. The molecule has 0 bridgehead atoms. The van der Waals surface area contributed by atoms with Crippen molar-refractivity contribution in [2.75, 3.05) is 13.1 Å². The third-order valence-corrected chi connectivity index (χ3v) is 4.17. The summed E-state index contributed by atoms with van der Waals surface area (Å²) in [6.45, 7) is 0.605. The minimum absolute atomic E-state index is 0.0264. The van der Waals surface area contributed by atoms with E-state index in [1.807, 2.05) is 30.3 Å². The largest absolute Gasteiger partial charge is 0.435 e. The number of likely N-dealkylation sites (tertiary alicyclic amines) is 1. The van der Waals surface area contributed by atoms with Gasteiger partial charge in [0.1, 0.15) is 6.54 Å². The molecule has 1 aromatic heterocycles. The molecule has 3 rings (SSSR count). The molecule has 5 nitrogen and oxygen atoms in total. The van der Waals surface area contributed by atoms with Crippen LogP contribution in [-0.4, -0.2) is 39.7 Å². The summed E-state index contributed by atoms with van der Waals surface area (Å²) in [6.07, 6.45) is -3.35. The lowest BCUT2D eigenvalue weighted by Crippen LogP contribution is -2.34. The first-order valence-corrected chi connectivity index (χ1v) is 7.53. The Hall–Kier alpha value is -2.35. The molecule has 2 heterocycles. The van der Waals surface area contributed by atoms with Gasteiger partial charge in [-0.05, 0) is 11.6 Å². The van der Waals surface area contributed by atoms with Crippen LogP contribution in [-0.2, 0) is 17.5 Å². The fourth-order valence-corrected chi connectivity index (χ4v) is 2.93. The fourth-order valence-electron chi connectivity index (χ4n) is 2.93. The molecule has 1 aliphatic rings. The number of aromatic nitrogens is 2. The number of nitrogens with zero attached hydrogens (tertiary/aromatic N) is 3. The predicted molar refractivity (Wildman–Crippen MR) is 81.0 cm³/mol. The smallest absolute Gasteiger partial charge is 0.339 e. The van der Waals surface area contributed by atoms with Crippen LogP contribution in [0.2, 0.25) is 0 Å². The number of benzene rings is 1. The summed E-state index contributed by atoms with van der Waals surface area (Å²) in [7, 11) is 0. The molecule has 1 saturated heterocycles. The fraction of sp³-hybridized carbons (Fsp3) is 0.375. The summed E-state index contributed by atoms with van der Waals surface area (Å²) < 4.78 is 38.6. The van der Waals surface area contributed by atoms with Crippen molar-refractivity contribution in [3.8, 4) is 0 Å². The van der Waals surface area contributed by atoms with Gasteiger partial charge in [-0.3, -0.25) is 9.48 Å². The Kier molecular flexibility index (Phi) is 4.31. The van der Waals surface area contributed by atoms with Crippen molar-refractivity contribution in [1.82, 2.24) is 14.7 Å². The SMILES string of the molecule is N[C@@H]1CN(C(=O)Cn2ccc(C(F)(F)F)n2)C[C@H]1c1ccccc1. The molecule has 1 aromatic carbocycles. The van der Waals surface area contributed by atoms with Crippen molar-refractivity contribution >= 4 is 5.91 Å². The maximum Gasteiger partial charge on any atom is 0.435 e. The van der Waals surface area contributed by atoms with Gasteiger partial charge in [-0.15, -0.1) is 0 Å². The second-order valence-electron chi connectivity index (χ2n) is 5.88. The highest BCUT2D eigenvalue weighted by Crippen LogP contribution is 2.28. The predicted octanol–water partition coefficient (Wildman–Crippen LogP) is 1.86. The molecule has 1 aliphatic heterocycles. The average Bonchev–Trinajstić information content (AvgIpc) is 3.14. The van der Waals surface area contributed by atoms with Gasteiger partial charge in [0.2, 0.25) is 5.91 Å². The summed E-state index contributed by atoms with van der Waals surface area (Å²) in [5.41, 5.74) is 6.18. The van der Waals surface area contributed by atoms with Crippen molar-refractivity contribution < 1.29 is 18.0 Å². The summed E-state index contributed by atoms with van der Waals surface area (Å²) in [5, 5.41) is 3.40. The van der Waals surface area contributed by atoms with Gasteiger partial charge < -0.3 is 10.6 Å². The Bertz CT molecular complexity index is 714. The van der Waals surface area contributed by atoms with Gasteiger partial charge in [-0.25, -0.2) is 0 Å². The van der Waals surface area contributed by atoms with Gasteiger partial charge in [0.15, 0.2) is 5.69 Å². The minimum atomic E-state index is -4.51. The number of alkyl halides is 3. The van der Waals surface area contributed by atoms with Gasteiger partial charge in [0.05, 0.1) is 0 Å². The monoisotopic (exact) mass is 338 g/mol. The van der Waals surface area contributed by atoms with Crippen LogP contribution >= 0.6 is 0 Å². The number of carbonyl (C=O) groups is 1. The molecule has 24 heavy (non-hydrogen) atoms. The molecule has 2 N–H and O–H groups in total. The number of hydrogen-bond acceptors (Lipinski definition) is 3. The van der Waals surface area contributed by atoms with E-state index in [1.165, 1.54) is 0 Å². The third kappa shape index (κ3) is 3.43. The van der Waals surface area contributed by atoms with Gasteiger partial charge in [-0.1, -0.05) is 30.3 Å². The molecule has 8 heteroatoms. The van der Waals surface area contributed by atoms with E-state index in [2.05, 4.69) is 5.10 Å². The molecule has 0 aliphatic carbocycles. The highest BCUT2D eigenvalue weighted by Gasteiger charge is 2.35. The number of nitrogens with two attached hydrogens (primary N) is 1. The Morgan fingerprint density at radius 2 is 1.92 bits per heavy atom. The first-order chi connectivity index (χ1) is 11.3. The molecular weight excluding hydrogens is 321 g/mol. The van der Waals surface area contributed by atoms with E-state index in [-0.39, 0.29) is 24.4 Å². The summed E-state index contributed by atoms with van der Waals surface area (Å²) in [4.78, 5) is 13.9. The van der Waals surface area contributed by atoms with Gasteiger partial charge in [0, 0.05) is 31.2 Å². The molecule has 0 saturated carbocycles. The zero-order valence-electron chi connectivity index (χ0n) is 12.8. The zero-order valence-corrected chi connectivity index (χ0v) is 12.8. The third-order valence-electron chi connectivity index (χ3n) is 4.17. The van der Waals surface area contributed by atoms with Crippen LogP contribution in [0, 0.1) is 0 Å². The van der Waals surface area contributed by atoms with E-state index in [9.17, 15) is 18.0 Å². The van der Waals surface area contributed by atoms with Gasteiger partial charge >= 0.3 is 6.18 Å². The van der Waals surface area contributed by atoms with Crippen molar-refractivity contribution in [2.45, 2.75) is 24.7 Å². The van der Waals surface area contributed by atoms with E-state index >= 15 is 0 Å². The van der Waals surface area contributed by atoms with E-state index in [4.69, 9.17) is 5.73 Å². The minimum Gasteiger partial charge on any atom is -0.339 e. The standard InChI is InChI=1S/C16H17F3N4O/c17-16(18,19)14-6-7-23(21-14)10-15(24)22-8-12(13(20)9-22)11-4-2-1-3-5-11/h1-7,12-13H,8-10,20H2/t12-,13+/m0/s1. The molecule has 0 unspecified atom stereocenters. The van der Waals surface area contributed by atoms with E-state index in [0.717, 1.165) is 22.5 Å². The van der Waals surface area contributed by atoms with Crippen LogP contribution in [0.5, 0.6) is 0 Å². The van der Waals surface area contributed by atoms with E-state index in [1.54, 1.807) is 4.90 Å². The number of hydrogen-bond donors (Lipinski definition) is 1. The van der Waals surface area contributed by atoms with Gasteiger partial charge in [-0.2, -0.15) is 18.3 Å². The van der Waals surface area contributed by atoms with Crippen molar-refractivity contribution in [3.63, 3.8) is 0 Å². The molecule has 0 spiro atoms. The van der Waals surface area contributed by atoms with E-state index in [0.29, 0.717) is 13.1 Å². The molecule has 1 amide bonds. The molecule has 2 atom stereocenters. The second-order valence-corrected chi connectivity index (χ2v) is 5.88. The highest BCUT2D eigenvalue weighted by molar-refractivity contribution is 5.76. The molecule has 2 aromatic rings. The first-order valence-electron chi connectivity index (χ1n) is 7.53. The summed E-state index contributed by atoms with van der Waals surface area (Å²) in [5.74, 6) is -0.265. The number of amides is 1. The van der Waals surface area contributed by atoms with Crippen LogP contribution < -0.4 is 5.73 Å². The maximum absolute atomic E-state index is 12.5. The molecule has 128 valence electrons. The molecule has 1 fully saturated rings. The number of halogens is 3. The lowest BCUT2D eigenvalue weighted by Gasteiger charge is -2.16. The van der Waals surface area contributed by atoms with Crippen LogP contribution in [0.15, 0.2) is 42.6 Å². The van der Waals surface area contributed by atoms with Crippen molar-refractivity contribution in [1.29, 1.82) is 0 Å². The second kappa shape index (κ2) is 6.27. The van der Waals surface area contributed by atoms with Crippen LogP contribution in [0.3, 0.4) is 0 Å². The van der Waals surface area contributed by atoms with Crippen LogP contribution in [0.4, 0.5) is 13.2 Å². The maximum atomic E-state index is 12.5. The van der Waals surface area contributed by atoms with Gasteiger partial charge in [0.25, 0.3) is 0 Å². The first kappa shape index (κ1) is 16.5. The Morgan fingerprint density at radius 1 is 1.21 bits per heavy atom. The topological polar surface area (TPSA) is 64.2 Å². The Balaban J connectivity index is 1.65. The van der Waals surface area contributed by atoms with Crippen LogP contribution in [0.25, 0.3) is 0 Å². The quantitative estimate of drug-likeness (QED) is 0.929. The van der Waals surface area contributed by atoms with E-state index < -0.39 is 11.9 Å². The Morgan fingerprint density at radius 3 is 2.54 bits per heavy atom. The summed E-state index contributed by atoms with van der Waals surface area (Å²) >= 11 is 0. The number of rotatable bonds is 3. The van der Waals surface area contributed by atoms with Crippen molar-refractivity contribution in [3.05, 3.63) is 53.9 Å². The normalized spacial score (nSPS) is 21.2. The Labute approximate surface area is 136 Å². The molecular formula is C16H17F3N4O. The lowest BCUT2D eigenvalue weighted by molar-refractivity contribution is -0.142. The lowest BCUT2D eigenvalue weighted by atomic mass is 9.95. The zero-order chi connectivity index (χ0) is 17.3. The average molecular weight is 338 g/mol. The van der Waals surface area contributed by atoms with Crippen LogP contribution in [0.1, 0.15) is 17.2 Å². The number of carbonyl (C=O) groups excluding carboxylic acids is 1. The summed E-state index contributed by atoms with van der Waals surface area (Å²) in [6, 6.07) is 10.3.